The molecule has 0 aromatic heterocycles. The van der Waals surface area contributed by atoms with Gasteiger partial charge in [0, 0.05) is 23.1 Å². The topological polar surface area (TPSA) is 0 Å². The summed E-state index contributed by atoms with van der Waals surface area (Å²) in [6.07, 6.45) is 0.739. The Bertz CT molecular complexity index is 614. The summed E-state index contributed by atoms with van der Waals surface area (Å²) in [4.78, 5) is 1.20. The van der Waals surface area contributed by atoms with Crippen molar-refractivity contribution in [2.75, 3.05) is 0 Å². The molecule has 0 unspecified atom stereocenters. The zero-order valence-electron chi connectivity index (χ0n) is 10.6. The molecule has 2 aromatic rings. The van der Waals surface area contributed by atoms with Gasteiger partial charge in [-0.2, -0.15) is 0 Å². The number of rotatable bonds is 1. The Morgan fingerprint density at radius 3 is 2.53 bits per heavy atom. The lowest BCUT2D eigenvalue weighted by Crippen LogP contribution is -2.11. The highest BCUT2D eigenvalue weighted by Gasteiger charge is 2.29. The van der Waals surface area contributed by atoms with E-state index < -0.39 is 5.92 Å². The van der Waals surface area contributed by atoms with Crippen molar-refractivity contribution in [3.63, 3.8) is 0 Å². The molecule has 0 atom stereocenters. The van der Waals surface area contributed by atoms with Crippen LogP contribution in [0.4, 0.5) is 8.78 Å². The first kappa shape index (κ1) is 12.7. The zero-order valence-corrected chi connectivity index (χ0v) is 11.4. The molecule has 1 heterocycles. The molecule has 1 aliphatic rings. The van der Waals surface area contributed by atoms with E-state index in [-0.39, 0.29) is 5.56 Å². The highest BCUT2D eigenvalue weighted by Crippen LogP contribution is 2.39. The number of benzene rings is 2. The monoisotopic (exact) mass is 276 g/mol. The molecule has 2 aromatic carbocycles. The molecule has 0 amide bonds. The van der Waals surface area contributed by atoms with Crippen molar-refractivity contribution in [3.8, 4) is 0 Å². The first-order chi connectivity index (χ1) is 9.05. The highest BCUT2D eigenvalue weighted by molar-refractivity contribution is 7.98. The van der Waals surface area contributed by atoms with E-state index in [0.29, 0.717) is 5.75 Å². The maximum atomic E-state index is 13.7. The number of hydrogen-bond acceptors (Lipinski definition) is 1. The summed E-state index contributed by atoms with van der Waals surface area (Å²) >= 11 is 1.65. The van der Waals surface area contributed by atoms with Gasteiger partial charge in [-0.1, -0.05) is 36.4 Å². The van der Waals surface area contributed by atoms with Gasteiger partial charge in [0.05, 0.1) is 0 Å². The quantitative estimate of drug-likeness (QED) is 0.706. The van der Waals surface area contributed by atoms with Gasteiger partial charge in [-0.15, -0.1) is 11.8 Å². The van der Waals surface area contributed by atoms with Crippen LogP contribution < -0.4 is 0 Å². The van der Waals surface area contributed by atoms with Gasteiger partial charge in [-0.3, -0.25) is 0 Å². The summed E-state index contributed by atoms with van der Waals surface area (Å²) in [6.45, 7) is 0.977. The molecule has 0 aliphatic carbocycles. The minimum Gasteiger partial charge on any atom is -0.202 e. The van der Waals surface area contributed by atoms with Crippen molar-refractivity contribution < 1.29 is 8.78 Å². The van der Waals surface area contributed by atoms with Gasteiger partial charge < -0.3 is 0 Å². The van der Waals surface area contributed by atoms with Gasteiger partial charge in [0.1, 0.15) is 0 Å². The minimum absolute atomic E-state index is 0.172. The van der Waals surface area contributed by atoms with Gasteiger partial charge in [0.2, 0.25) is 0 Å². The Morgan fingerprint density at radius 2 is 1.74 bits per heavy atom. The number of thioether (sulfide) groups is 1. The summed E-state index contributed by atoms with van der Waals surface area (Å²) in [5, 5.41) is 0. The summed E-state index contributed by atoms with van der Waals surface area (Å²) < 4.78 is 27.4. The zero-order chi connectivity index (χ0) is 13.5. The van der Waals surface area contributed by atoms with Crippen molar-refractivity contribution in [3.05, 3.63) is 64.7 Å². The maximum Gasteiger partial charge on any atom is 0.270 e. The van der Waals surface area contributed by atoms with E-state index in [0.717, 1.165) is 24.5 Å². The molecule has 3 heteroatoms. The first-order valence-corrected chi connectivity index (χ1v) is 7.24. The number of halogens is 2. The van der Waals surface area contributed by atoms with E-state index in [1.54, 1.807) is 23.9 Å². The molecule has 0 nitrogen and oxygen atoms in total. The van der Waals surface area contributed by atoms with Gasteiger partial charge in [0.15, 0.2) is 0 Å². The van der Waals surface area contributed by atoms with Crippen LogP contribution in [0, 0.1) is 0 Å². The number of alkyl halides is 2. The highest BCUT2D eigenvalue weighted by atomic mass is 32.2. The van der Waals surface area contributed by atoms with Crippen LogP contribution in [-0.2, 0) is 18.1 Å². The second-order valence-corrected chi connectivity index (χ2v) is 5.92. The third-order valence-corrected chi connectivity index (χ3v) is 4.61. The summed E-state index contributed by atoms with van der Waals surface area (Å²) in [6, 6.07) is 13.4. The van der Waals surface area contributed by atoms with Crippen LogP contribution in [0.5, 0.6) is 0 Å². The lowest BCUT2D eigenvalue weighted by atomic mass is 9.94. The molecule has 3 rings (SSSR count). The first-order valence-electron chi connectivity index (χ1n) is 6.25. The van der Waals surface area contributed by atoms with E-state index in [1.165, 1.54) is 10.5 Å². The molecule has 1 aliphatic heterocycles. The Balaban J connectivity index is 2.11. The molecule has 0 N–H and O–H groups in total. The van der Waals surface area contributed by atoms with E-state index >= 15 is 0 Å². The predicted molar refractivity (Wildman–Crippen MR) is 74.8 cm³/mol. The molecular formula is C16H14F2S. The average molecular weight is 276 g/mol. The molecular weight excluding hydrogens is 262 g/mol. The molecule has 0 fully saturated rings. The van der Waals surface area contributed by atoms with Crippen molar-refractivity contribution in [2.24, 2.45) is 0 Å². The average Bonchev–Trinajstić information content (AvgIpc) is 2.55. The standard InChI is InChI=1S/C16H14F2S/c1-16(17,18)14-7-4-6-11-9-12-5-2-3-8-15(12)19-10-13(11)14/h2-8H,9-10H2,1H3. The van der Waals surface area contributed by atoms with Crippen LogP contribution in [0.3, 0.4) is 0 Å². The van der Waals surface area contributed by atoms with Gasteiger partial charge in [-0.25, -0.2) is 8.78 Å². The molecule has 0 bridgehead atoms. The third kappa shape index (κ3) is 2.39. The SMILES string of the molecule is CC(F)(F)c1cccc2c1CSc1ccccc1C2. The fraction of sp³-hybridized carbons (Fsp3) is 0.250. The van der Waals surface area contributed by atoms with E-state index in [1.807, 2.05) is 18.2 Å². The van der Waals surface area contributed by atoms with Crippen molar-refractivity contribution in [2.45, 2.75) is 29.9 Å². The Morgan fingerprint density at radius 1 is 1.00 bits per heavy atom. The second-order valence-electron chi connectivity index (χ2n) is 4.90. The lowest BCUT2D eigenvalue weighted by molar-refractivity contribution is 0.0167. The van der Waals surface area contributed by atoms with E-state index in [4.69, 9.17) is 0 Å². The molecule has 19 heavy (non-hydrogen) atoms. The predicted octanol–water partition coefficient (Wildman–Crippen LogP) is 4.99. The van der Waals surface area contributed by atoms with Crippen LogP contribution in [-0.4, -0.2) is 0 Å². The summed E-state index contributed by atoms with van der Waals surface area (Å²) in [7, 11) is 0. The van der Waals surface area contributed by atoms with Crippen molar-refractivity contribution in [1.82, 2.24) is 0 Å². The Labute approximate surface area is 115 Å². The van der Waals surface area contributed by atoms with Crippen LogP contribution in [0.25, 0.3) is 0 Å². The normalized spacial score (nSPS) is 14.5. The molecule has 98 valence electrons. The summed E-state index contributed by atoms with van der Waals surface area (Å²) in [5.74, 6) is -2.16. The van der Waals surface area contributed by atoms with Crippen LogP contribution in [0.1, 0.15) is 29.2 Å². The lowest BCUT2D eigenvalue weighted by Gasteiger charge is -2.17. The van der Waals surface area contributed by atoms with Crippen LogP contribution in [0.2, 0.25) is 0 Å². The van der Waals surface area contributed by atoms with Crippen molar-refractivity contribution in [1.29, 1.82) is 0 Å². The molecule has 0 spiro atoms. The number of hydrogen-bond donors (Lipinski definition) is 0. The van der Waals surface area contributed by atoms with Crippen molar-refractivity contribution >= 4 is 11.8 Å². The molecule has 0 radical (unpaired) electrons. The second kappa shape index (κ2) is 4.64. The van der Waals surface area contributed by atoms with Gasteiger partial charge in [0.25, 0.3) is 5.92 Å². The van der Waals surface area contributed by atoms with E-state index in [9.17, 15) is 8.78 Å². The maximum absolute atomic E-state index is 13.7. The molecule has 0 saturated carbocycles. The Hall–Kier alpha value is -1.35. The Kier molecular flexibility index (Phi) is 3.09. The fourth-order valence-electron chi connectivity index (χ4n) is 2.53. The largest absolute Gasteiger partial charge is 0.270 e. The molecule has 0 saturated heterocycles. The third-order valence-electron chi connectivity index (χ3n) is 3.47. The minimum atomic E-state index is -2.78. The smallest absolute Gasteiger partial charge is 0.202 e. The van der Waals surface area contributed by atoms with E-state index in [2.05, 4.69) is 12.1 Å². The summed E-state index contributed by atoms with van der Waals surface area (Å²) in [5.41, 5.74) is 3.22. The fourth-order valence-corrected chi connectivity index (χ4v) is 3.67. The van der Waals surface area contributed by atoms with Gasteiger partial charge in [-0.05, 0) is 29.2 Å². The van der Waals surface area contributed by atoms with Gasteiger partial charge >= 0.3 is 0 Å². The van der Waals surface area contributed by atoms with Crippen LogP contribution >= 0.6 is 11.8 Å². The van der Waals surface area contributed by atoms with Crippen LogP contribution in [0.15, 0.2) is 47.4 Å². The number of fused-ring (bicyclic) bond motifs is 2.